The van der Waals surface area contributed by atoms with Crippen molar-refractivity contribution >= 4 is 11.7 Å². The van der Waals surface area contributed by atoms with Crippen LogP contribution in [0.15, 0.2) is 24.3 Å². The molecule has 1 fully saturated rings. The molecule has 1 heterocycles. The van der Waals surface area contributed by atoms with Crippen LogP contribution in [0.4, 0.5) is 10.5 Å². The number of carbonyl (C=O) groups excluding carboxylic acids is 1. The summed E-state index contributed by atoms with van der Waals surface area (Å²) in [4.78, 5) is 14.1. The van der Waals surface area contributed by atoms with Gasteiger partial charge in [-0.15, -0.1) is 0 Å². The van der Waals surface area contributed by atoms with Gasteiger partial charge in [0.2, 0.25) is 0 Å². The maximum atomic E-state index is 12.2. The molecule has 0 bridgehead atoms. The monoisotopic (exact) mass is 275 g/mol. The van der Waals surface area contributed by atoms with Crippen molar-refractivity contribution in [3.05, 3.63) is 29.8 Å². The van der Waals surface area contributed by atoms with Gasteiger partial charge in [-0.3, -0.25) is 0 Å². The van der Waals surface area contributed by atoms with Crippen molar-refractivity contribution in [1.82, 2.24) is 4.90 Å². The summed E-state index contributed by atoms with van der Waals surface area (Å²) in [6.07, 6.45) is 3.53. The average molecular weight is 275 g/mol. The van der Waals surface area contributed by atoms with Gasteiger partial charge in [-0.2, -0.15) is 0 Å². The fourth-order valence-corrected chi connectivity index (χ4v) is 2.76. The molecule has 0 aliphatic carbocycles. The third-order valence-electron chi connectivity index (χ3n) is 3.93. The van der Waals surface area contributed by atoms with Crippen molar-refractivity contribution in [2.45, 2.75) is 39.2 Å². The second-order valence-corrected chi connectivity index (χ2v) is 5.73. The fraction of sp³-hybridized carbons (Fsp3) is 0.562. The lowest BCUT2D eigenvalue weighted by Gasteiger charge is -2.18. The number of carbonyl (C=O) groups is 1. The molecule has 0 saturated carbocycles. The summed E-state index contributed by atoms with van der Waals surface area (Å²) in [5.41, 5.74) is 7.72. The Hall–Kier alpha value is -1.55. The molecule has 1 saturated heterocycles. The van der Waals surface area contributed by atoms with Gasteiger partial charge in [0.25, 0.3) is 0 Å². The van der Waals surface area contributed by atoms with Crippen molar-refractivity contribution in [1.29, 1.82) is 0 Å². The first-order valence-corrected chi connectivity index (χ1v) is 7.51. The molecule has 1 aliphatic rings. The molecule has 0 radical (unpaired) electrons. The Morgan fingerprint density at radius 2 is 2.35 bits per heavy atom. The zero-order valence-electron chi connectivity index (χ0n) is 12.4. The minimum Gasteiger partial charge on any atom is -0.324 e. The number of benzene rings is 1. The van der Waals surface area contributed by atoms with Gasteiger partial charge in [-0.25, -0.2) is 4.79 Å². The maximum absolute atomic E-state index is 12.2. The van der Waals surface area contributed by atoms with Crippen molar-refractivity contribution in [3.8, 4) is 0 Å². The Balaban J connectivity index is 1.93. The highest BCUT2D eigenvalue weighted by molar-refractivity contribution is 5.89. The van der Waals surface area contributed by atoms with E-state index < -0.39 is 0 Å². The van der Waals surface area contributed by atoms with Gasteiger partial charge in [-0.05, 0) is 43.4 Å². The topological polar surface area (TPSA) is 58.4 Å². The van der Waals surface area contributed by atoms with E-state index in [1.54, 1.807) is 0 Å². The molecule has 1 aromatic rings. The van der Waals surface area contributed by atoms with E-state index in [2.05, 4.69) is 12.2 Å². The van der Waals surface area contributed by atoms with E-state index in [1.165, 1.54) is 12.8 Å². The zero-order valence-corrected chi connectivity index (χ0v) is 12.4. The van der Waals surface area contributed by atoms with E-state index in [9.17, 15) is 4.79 Å². The normalized spacial score (nSPS) is 19.9. The highest BCUT2D eigenvalue weighted by atomic mass is 16.2. The minimum absolute atomic E-state index is 0.00503. The molecule has 2 amide bonds. The van der Waals surface area contributed by atoms with E-state index in [4.69, 9.17) is 5.73 Å². The standard InChI is InChI=1S/C16H25N3O/c1-3-5-13-8-9-19(11-13)16(20)18-15-7-4-6-14(10-15)12(2)17/h4,6-7,10,12-13H,3,5,8-9,11,17H2,1-2H3,(H,18,20). The lowest BCUT2D eigenvalue weighted by atomic mass is 10.0. The van der Waals surface area contributed by atoms with Crippen LogP contribution in [0.5, 0.6) is 0 Å². The largest absolute Gasteiger partial charge is 0.324 e. The molecule has 0 aromatic heterocycles. The molecule has 20 heavy (non-hydrogen) atoms. The molecule has 2 atom stereocenters. The second-order valence-electron chi connectivity index (χ2n) is 5.73. The van der Waals surface area contributed by atoms with Gasteiger partial charge in [0.15, 0.2) is 0 Å². The number of likely N-dealkylation sites (tertiary alicyclic amines) is 1. The number of rotatable bonds is 4. The molecule has 3 N–H and O–H groups in total. The molecular formula is C16H25N3O. The summed E-state index contributed by atoms with van der Waals surface area (Å²) in [6, 6.07) is 7.75. The third kappa shape index (κ3) is 3.73. The molecule has 4 nitrogen and oxygen atoms in total. The number of anilines is 1. The number of nitrogens with two attached hydrogens (primary N) is 1. The number of amides is 2. The predicted molar refractivity (Wildman–Crippen MR) is 82.7 cm³/mol. The van der Waals surface area contributed by atoms with E-state index in [1.807, 2.05) is 36.1 Å². The Kier molecular flexibility index (Phi) is 5.01. The summed E-state index contributed by atoms with van der Waals surface area (Å²) in [6.45, 7) is 5.88. The first-order valence-electron chi connectivity index (χ1n) is 7.51. The molecule has 0 spiro atoms. The van der Waals surface area contributed by atoms with Crippen molar-refractivity contribution < 1.29 is 4.79 Å². The molecular weight excluding hydrogens is 250 g/mol. The molecule has 1 aliphatic heterocycles. The highest BCUT2D eigenvalue weighted by Crippen LogP contribution is 2.22. The van der Waals surface area contributed by atoms with E-state index in [-0.39, 0.29) is 12.1 Å². The Bertz CT molecular complexity index is 459. The van der Waals surface area contributed by atoms with Crippen molar-refractivity contribution in [2.24, 2.45) is 11.7 Å². The van der Waals surface area contributed by atoms with Crippen molar-refractivity contribution in [3.63, 3.8) is 0 Å². The Morgan fingerprint density at radius 3 is 3.05 bits per heavy atom. The van der Waals surface area contributed by atoms with Gasteiger partial charge < -0.3 is 16.0 Å². The number of hydrogen-bond donors (Lipinski definition) is 2. The third-order valence-corrected chi connectivity index (χ3v) is 3.93. The van der Waals surface area contributed by atoms with E-state index >= 15 is 0 Å². The van der Waals surface area contributed by atoms with Crippen LogP contribution < -0.4 is 11.1 Å². The molecule has 2 unspecified atom stereocenters. The van der Waals surface area contributed by atoms with Gasteiger partial charge in [0.05, 0.1) is 0 Å². The number of nitrogens with zero attached hydrogens (tertiary/aromatic N) is 1. The average Bonchev–Trinajstić information content (AvgIpc) is 2.88. The van der Waals surface area contributed by atoms with Gasteiger partial charge in [-0.1, -0.05) is 25.5 Å². The molecule has 4 heteroatoms. The predicted octanol–water partition coefficient (Wildman–Crippen LogP) is 3.36. The first kappa shape index (κ1) is 14.9. The first-order chi connectivity index (χ1) is 9.60. The number of hydrogen-bond acceptors (Lipinski definition) is 2. The fourth-order valence-electron chi connectivity index (χ4n) is 2.76. The van der Waals surface area contributed by atoms with Gasteiger partial charge in [0, 0.05) is 24.8 Å². The molecule has 2 rings (SSSR count). The Labute approximate surface area is 121 Å². The summed E-state index contributed by atoms with van der Waals surface area (Å²) >= 11 is 0. The maximum Gasteiger partial charge on any atom is 0.321 e. The van der Waals surface area contributed by atoms with Crippen LogP contribution >= 0.6 is 0 Å². The smallest absolute Gasteiger partial charge is 0.321 e. The van der Waals surface area contributed by atoms with Crippen LogP contribution in [-0.2, 0) is 0 Å². The van der Waals surface area contributed by atoms with Crippen LogP contribution in [0.3, 0.4) is 0 Å². The summed E-state index contributed by atoms with van der Waals surface area (Å²) in [5, 5.41) is 2.97. The number of nitrogens with one attached hydrogen (secondary N) is 1. The SMILES string of the molecule is CCCC1CCN(C(=O)Nc2cccc(C(C)N)c2)C1. The van der Waals surface area contributed by atoms with E-state index in [0.29, 0.717) is 5.92 Å². The van der Waals surface area contributed by atoms with Crippen LogP contribution in [0, 0.1) is 5.92 Å². The number of urea groups is 1. The lowest BCUT2D eigenvalue weighted by Crippen LogP contribution is -2.33. The zero-order chi connectivity index (χ0) is 14.5. The second kappa shape index (κ2) is 6.75. The van der Waals surface area contributed by atoms with E-state index in [0.717, 1.165) is 30.8 Å². The molecule has 110 valence electrons. The van der Waals surface area contributed by atoms with Gasteiger partial charge in [0.1, 0.15) is 0 Å². The lowest BCUT2D eigenvalue weighted by molar-refractivity contribution is 0.220. The quantitative estimate of drug-likeness (QED) is 0.885. The van der Waals surface area contributed by atoms with Crippen LogP contribution in [0.25, 0.3) is 0 Å². The van der Waals surface area contributed by atoms with Crippen LogP contribution in [0.2, 0.25) is 0 Å². The van der Waals surface area contributed by atoms with Crippen LogP contribution in [-0.4, -0.2) is 24.0 Å². The minimum atomic E-state index is -0.0208. The summed E-state index contributed by atoms with van der Waals surface area (Å²) < 4.78 is 0. The molecule has 1 aromatic carbocycles. The van der Waals surface area contributed by atoms with Gasteiger partial charge >= 0.3 is 6.03 Å². The summed E-state index contributed by atoms with van der Waals surface area (Å²) in [7, 11) is 0. The van der Waals surface area contributed by atoms with Crippen LogP contribution in [0.1, 0.15) is 44.7 Å². The highest BCUT2D eigenvalue weighted by Gasteiger charge is 2.25. The van der Waals surface area contributed by atoms with Crippen molar-refractivity contribution in [2.75, 3.05) is 18.4 Å². The Morgan fingerprint density at radius 1 is 1.55 bits per heavy atom. The summed E-state index contributed by atoms with van der Waals surface area (Å²) in [5.74, 6) is 0.668.